The summed E-state index contributed by atoms with van der Waals surface area (Å²) in [5, 5.41) is 23.5. The van der Waals surface area contributed by atoms with Crippen molar-refractivity contribution in [1.29, 1.82) is 0 Å². The van der Waals surface area contributed by atoms with Crippen LogP contribution in [0.25, 0.3) is 0 Å². The van der Waals surface area contributed by atoms with Gasteiger partial charge in [0.2, 0.25) is 5.95 Å². The highest BCUT2D eigenvalue weighted by atomic mass is 35.5. The highest BCUT2D eigenvalue weighted by molar-refractivity contribution is 6.30. The summed E-state index contributed by atoms with van der Waals surface area (Å²) in [5.41, 5.74) is 0.889. The number of carboxylic acids is 1. The van der Waals surface area contributed by atoms with E-state index in [-0.39, 0.29) is 11.7 Å². The fourth-order valence-electron chi connectivity index (χ4n) is 1.88. The number of aliphatic carboxylic acids is 1. The van der Waals surface area contributed by atoms with Crippen LogP contribution in [0.15, 0.2) is 36.0 Å². The molecule has 3 rings (SSSR count). The first-order valence-electron chi connectivity index (χ1n) is 5.40. The van der Waals surface area contributed by atoms with Crippen LogP contribution in [-0.4, -0.2) is 31.3 Å². The molecule has 0 radical (unpaired) electrons. The Hall–Kier alpha value is -2.41. The standard InChI is InChI=1S/C11H8ClN5O2/c12-7-3-1-6(2-4-7)9-5-8(10(18)19)13-11-14-15-16-17(9)11/h1-5,9H,(H,18,19)(H,13,14,16). The molecular weight excluding hydrogens is 270 g/mol. The molecule has 0 bridgehead atoms. The zero-order chi connectivity index (χ0) is 13.4. The van der Waals surface area contributed by atoms with Crippen LogP contribution in [-0.2, 0) is 4.79 Å². The van der Waals surface area contributed by atoms with Gasteiger partial charge < -0.3 is 10.4 Å². The number of carbonyl (C=O) groups is 1. The summed E-state index contributed by atoms with van der Waals surface area (Å²) in [6.07, 6.45) is 1.55. The lowest BCUT2D eigenvalue weighted by atomic mass is 10.0. The summed E-state index contributed by atoms with van der Waals surface area (Å²) in [5.74, 6) is -0.770. The van der Waals surface area contributed by atoms with E-state index < -0.39 is 5.97 Å². The summed E-state index contributed by atoms with van der Waals surface area (Å²) in [4.78, 5) is 11.1. The number of tetrazole rings is 1. The summed E-state index contributed by atoms with van der Waals surface area (Å²) in [6, 6.07) is 6.70. The SMILES string of the molecule is O=C(O)C1=CC(c2ccc(Cl)cc2)n2nnnc2N1. The molecule has 0 saturated heterocycles. The Morgan fingerprint density at radius 1 is 1.37 bits per heavy atom. The van der Waals surface area contributed by atoms with Gasteiger partial charge in [0, 0.05) is 5.02 Å². The van der Waals surface area contributed by atoms with Crippen LogP contribution in [0, 0.1) is 0 Å². The van der Waals surface area contributed by atoms with Gasteiger partial charge in [0.05, 0.1) is 0 Å². The highest BCUT2D eigenvalue weighted by Gasteiger charge is 2.26. The first-order chi connectivity index (χ1) is 9.15. The predicted octanol–water partition coefficient (Wildman–Crippen LogP) is 1.31. The smallest absolute Gasteiger partial charge is 0.352 e. The number of anilines is 1. The third kappa shape index (κ3) is 2.04. The monoisotopic (exact) mass is 277 g/mol. The second-order valence-electron chi connectivity index (χ2n) is 3.95. The molecule has 0 amide bonds. The number of benzene rings is 1. The Bertz CT molecular complexity index is 664. The molecule has 0 aliphatic carbocycles. The minimum atomic E-state index is -1.06. The lowest BCUT2D eigenvalue weighted by molar-refractivity contribution is -0.132. The number of allylic oxidation sites excluding steroid dienone is 1. The lowest BCUT2D eigenvalue weighted by Crippen LogP contribution is -2.24. The normalized spacial score (nSPS) is 17.3. The van der Waals surface area contributed by atoms with Crippen molar-refractivity contribution in [2.24, 2.45) is 0 Å². The van der Waals surface area contributed by atoms with Crippen LogP contribution in [0.4, 0.5) is 5.95 Å². The van der Waals surface area contributed by atoms with Crippen molar-refractivity contribution in [2.45, 2.75) is 6.04 Å². The first kappa shape index (κ1) is 11.7. The number of nitrogens with zero attached hydrogens (tertiary/aromatic N) is 4. The van der Waals surface area contributed by atoms with Crippen LogP contribution in [0.1, 0.15) is 11.6 Å². The number of aromatic nitrogens is 4. The van der Waals surface area contributed by atoms with Gasteiger partial charge in [0.1, 0.15) is 11.7 Å². The van der Waals surface area contributed by atoms with E-state index in [9.17, 15) is 4.79 Å². The van der Waals surface area contributed by atoms with E-state index in [0.717, 1.165) is 5.56 Å². The molecule has 8 heteroatoms. The topological polar surface area (TPSA) is 92.9 Å². The third-order valence-electron chi connectivity index (χ3n) is 2.77. The molecule has 19 heavy (non-hydrogen) atoms. The van der Waals surface area contributed by atoms with Crippen LogP contribution >= 0.6 is 11.6 Å². The molecule has 0 saturated carbocycles. The molecule has 2 heterocycles. The van der Waals surface area contributed by atoms with Crippen molar-refractivity contribution >= 4 is 23.5 Å². The lowest BCUT2D eigenvalue weighted by Gasteiger charge is -2.21. The Kier molecular flexibility index (Phi) is 2.68. The molecule has 96 valence electrons. The summed E-state index contributed by atoms with van der Waals surface area (Å²) >= 11 is 5.84. The van der Waals surface area contributed by atoms with E-state index in [1.54, 1.807) is 30.3 Å². The van der Waals surface area contributed by atoms with Crippen LogP contribution in [0.5, 0.6) is 0 Å². The van der Waals surface area contributed by atoms with Crippen molar-refractivity contribution in [2.75, 3.05) is 5.32 Å². The summed E-state index contributed by atoms with van der Waals surface area (Å²) in [6.45, 7) is 0. The van der Waals surface area contributed by atoms with Gasteiger partial charge in [-0.3, -0.25) is 0 Å². The van der Waals surface area contributed by atoms with E-state index >= 15 is 0 Å². The molecule has 1 unspecified atom stereocenters. The molecule has 1 aliphatic heterocycles. The highest BCUT2D eigenvalue weighted by Crippen LogP contribution is 2.28. The van der Waals surface area contributed by atoms with Crippen LogP contribution in [0.3, 0.4) is 0 Å². The molecule has 7 nitrogen and oxygen atoms in total. The number of nitrogens with one attached hydrogen (secondary N) is 1. The van der Waals surface area contributed by atoms with Gasteiger partial charge in [-0.05, 0) is 34.2 Å². The second-order valence-corrected chi connectivity index (χ2v) is 4.39. The number of carboxylic acid groups (broad SMARTS) is 1. The van der Waals surface area contributed by atoms with E-state index in [1.165, 1.54) is 4.68 Å². The van der Waals surface area contributed by atoms with E-state index in [0.29, 0.717) is 11.0 Å². The van der Waals surface area contributed by atoms with E-state index in [1.807, 2.05) is 0 Å². The van der Waals surface area contributed by atoms with Gasteiger partial charge in [0.25, 0.3) is 0 Å². The fraction of sp³-hybridized carbons (Fsp3) is 0.0909. The summed E-state index contributed by atoms with van der Waals surface area (Å²) in [7, 11) is 0. The Balaban J connectivity index is 2.09. The number of halogens is 1. The van der Waals surface area contributed by atoms with Crippen molar-refractivity contribution in [1.82, 2.24) is 20.2 Å². The van der Waals surface area contributed by atoms with E-state index in [2.05, 4.69) is 20.8 Å². The molecule has 1 aromatic heterocycles. The minimum Gasteiger partial charge on any atom is -0.477 e. The van der Waals surface area contributed by atoms with Crippen LogP contribution < -0.4 is 5.32 Å². The second kappa shape index (κ2) is 4.36. The average Bonchev–Trinajstić information content (AvgIpc) is 2.86. The molecule has 2 N–H and O–H groups in total. The number of rotatable bonds is 2. The van der Waals surface area contributed by atoms with Gasteiger partial charge in [-0.2, -0.15) is 4.68 Å². The predicted molar refractivity (Wildman–Crippen MR) is 66.7 cm³/mol. The van der Waals surface area contributed by atoms with Gasteiger partial charge in [-0.1, -0.05) is 28.8 Å². The zero-order valence-electron chi connectivity index (χ0n) is 9.49. The van der Waals surface area contributed by atoms with Crippen molar-refractivity contribution in [3.05, 3.63) is 46.6 Å². The molecule has 0 fully saturated rings. The maximum absolute atomic E-state index is 11.1. The molecule has 1 aliphatic rings. The van der Waals surface area contributed by atoms with Gasteiger partial charge in [-0.15, -0.1) is 0 Å². The Morgan fingerprint density at radius 3 is 2.79 bits per heavy atom. The molecule has 1 aromatic carbocycles. The maximum atomic E-state index is 11.1. The largest absolute Gasteiger partial charge is 0.477 e. The minimum absolute atomic E-state index is 0.0438. The molecule has 1 atom stereocenters. The third-order valence-corrected chi connectivity index (χ3v) is 3.02. The van der Waals surface area contributed by atoms with Gasteiger partial charge in [-0.25, -0.2) is 4.79 Å². The van der Waals surface area contributed by atoms with Crippen LogP contribution in [0.2, 0.25) is 5.02 Å². The Labute approximate surface area is 112 Å². The number of hydrogen-bond donors (Lipinski definition) is 2. The average molecular weight is 278 g/mol. The van der Waals surface area contributed by atoms with Crippen molar-refractivity contribution < 1.29 is 9.90 Å². The van der Waals surface area contributed by atoms with Gasteiger partial charge >= 0.3 is 5.97 Å². The quantitative estimate of drug-likeness (QED) is 0.860. The van der Waals surface area contributed by atoms with Gasteiger partial charge in [0.15, 0.2) is 0 Å². The summed E-state index contributed by atoms with van der Waals surface area (Å²) < 4.78 is 1.51. The maximum Gasteiger partial charge on any atom is 0.352 e. The number of hydrogen-bond acceptors (Lipinski definition) is 5. The Morgan fingerprint density at radius 2 is 2.11 bits per heavy atom. The molecule has 0 spiro atoms. The number of fused-ring (bicyclic) bond motifs is 1. The van der Waals surface area contributed by atoms with Crippen molar-refractivity contribution in [3.63, 3.8) is 0 Å². The molecular formula is C11H8ClN5O2. The zero-order valence-corrected chi connectivity index (χ0v) is 10.2. The first-order valence-corrected chi connectivity index (χ1v) is 5.78. The molecule has 2 aromatic rings. The van der Waals surface area contributed by atoms with E-state index in [4.69, 9.17) is 16.7 Å². The van der Waals surface area contributed by atoms with Crippen molar-refractivity contribution in [3.8, 4) is 0 Å². The fourth-order valence-corrected chi connectivity index (χ4v) is 2.00.